The molecule has 0 fully saturated rings. The largest absolute Gasteiger partial charge is 0.493 e. The van der Waals surface area contributed by atoms with Gasteiger partial charge in [0, 0.05) is 139 Å². The van der Waals surface area contributed by atoms with E-state index in [1.807, 2.05) is 133 Å². The van der Waals surface area contributed by atoms with Gasteiger partial charge in [0.25, 0.3) is 0 Å². The molecular formula is C112H104Br4Cl2F2N8O20. The summed E-state index contributed by atoms with van der Waals surface area (Å²) < 4.78 is 76.1. The summed E-state index contributed by atoms with van der Waals surface area (Å²) in [6, 6.07) is 76.5. The molecule has 5 unspecified atom stereocenters. The fourth-order valence-corrected chi connectivity index (χ4v) is 20.0. The predicted molar refractivity (Wildman–Crippen MR) is 571 cm³/mol. The Morgan fingerprint density at radius 2 is 0.588 bits per heavy atom. The number of H-pyrrole nitrogens is 4. The van der Waals surface area contributed by atoms with Crippen LogP contribution in [-0.4, -0.2) is 209 Å². The van der Waals surface area contributed by atoms with Gasteiger partial charge >= 0.3 is 24.4 Å². The number of amides is 4. The molecule has 20 rings (SSSR count). The van der Waals surface area contributed by atoms with E-state index in [-0.39, 0.29) is 77.0 Å². The molecule has 148 heavy (non-hydrogen) atoms. The van der Waals surface area contributed by atoms with E-state index in [9.17, 15) is 53.5 Å². The maximum Gasteiger partial charge on any atom is 0.416 e. The van der Waals surface area contributed by atoms with Crippen molar-refractivity contribution in [3.63, 3.8) is 0 Å². The standard InChI is InChI=1S/C29H28BrFN2O5.C28H26BrClN2O5.C28H26BrFN2O5.C27H24BrClN2O5/c1-29(15-34,16-35)17-37-21-7-2-18(3-8-21)27-26-23(24-14-19(30)4-11-25(24)32-26)12-13-33(27)28(36)38-22-9-5-20(31)6-10-22;2*29-18-3-10-25-24(15-18)23-11-13-32(28(35)37-22-8-4-19(30)5-9-22)27(26(23)31-25)17-1-6-21(7-2-17)36-14-12-20(34)16-33;28-17-3-10-24-23(13-17)22-11-12-31(27(34)36-21-8-4-18(29)5-9-21)26(25(22)30-24)16-1-6-20(7-2-16)35-15-19(33)14-32/h2-11,14,27,32,34-35H,12-13,15-17H2,1H3;2*1-10,15,20,27,31,33-34H,11-14,16H2;1-10,13,19,26,30,32-33H,11-12,14-15H2/t;2*20-,27?;/m.00./s1. The quantitative estimate of drug-likeness (QED) is 0.0227. The van der Waals surface area contributed by atoms with Gasteiger partial charge in [0.2, 0.25) is 0 Å². The van der Waals surface area contributed by atoms with Crippen LogP contribution in [0.3, 0.4) is 0 Å². The highest BCUT2D eigenvalue weighted by Crippen LogP contribution is 2.47. The van der Waals surface area contributed by atoms with Crippen LogP contribution in [0.15, 0.2) is 285 Å². The second-order valence-electron chi connectivity index (χ2n) is 36.3. The van der Waals surface area contributed by atoms with Crippen LogP contribution in [0.25, 0.3) is 43.6 Å². The van der Waals surface area contributed by atoms with Crippen LogP contribution in [0.2, 0.25) is 10.0 Å². The minimum absolute atomic E-state index is 0.0140. The van der Waals surface area contributed by atoms with Crippen molar-refractivity contribution in [2.24, 2.45) is 5.41 Å². The Bertz CT molecular complexity index is 7110. The number of ether oxygens (including phenoxy) is 8. The number of carbonyl (C=O) groups excluding carboxylic acids is 4. The third-order valence-corrected chi connectivity index (χ3v) is 28.5. The average Bonchev–Trinajstić information content (AvgIpc) is 1.60. The van der Waals surface area contributed by atoms with Gasteiger partial charge in [-0.15, -0.1) is 0 Å². The molecular weight excluding hydrogens is 2210 g/mol. The maximum atomic E-state index is 13.4. The van der Waals surface area contributed by atoms with Crippen LogP contribution in [0.1, 0.15) is 111 Å². The SMILES string of the molecule is CC(CO)(CO)COc1ccc(C2c3[nH]c4ccc(Br)cc4c3CCN2C(=O)Oc2ccc(F)cc2)cc1.O=C(Oc1ccc(Cl)cc1)N1CCc2c([nH]c3ccc(Br)cc23)C1c1ccc(OCC(O)CO)cc1.O=C(Oc1ccc(Cl)cc1)N1CCc2c([nH]c3ccc(Br)cc23)C1c1ccc(OCC[C@H](O)CO)cc1.O=C(Oc1ccc(F)cc1)N1CCc2c([nH]c3ccc(Br)cc23)C1c1ccc(OCC[C@H](O)CO)cc1. The Morgan fingerprint density at radius 1 is 0.345 bits per heavy atom. The zero-order valence-electron chi connectivity index (χ0n) is 79.7. The molecule has 16 aromatic rings. The maximum absolute atomic E-state index is 13.4. The van der Waals surface area contributed by atoms with Crippen LogP contribution < -0.4 is 37.9 Å². The first-order valence-corrected chi connectivity index (χ1v) is 51.7. The van der Waals surface area contributed by atoms with Crippen molar-refractivity contribution in [1.29, 1.82) is 0 Å². The molecule has 0 bridgehead atoms. The molecule has 0 saturated heterocycles. The summed E-state index contributed by atoms with van der Waals surface area (Å²) in [5.74, 6) is 2.96. The Labute approximate surface area is 893 Å². The first-order chi connectivity index (χ1) is 71.6. The summed E-state index contributed by atoms with van der Waals surface area (Å²) in [7, 11) is 0. The summed E-state index contributed by atoms with van der Waals surface area (Å²) in [5.41, 5.74) is 15.0. The van der Waals surface area contributed by atoms with Crippen LogP contribution in [0.4, 0.5) is 28.0 Å². The summed E-state index contributed by atoms with van der Waals surface area (Å²) in [6.07, 6.45) is -1.23. The smallest absolute Gasteiger partial charge is 0.416 e. The van der Waals surface area contributed by atoms with Crippen molar-refractivity contribution < 1.29 is 107 Å². The number of fused-ring (bicyclic) bond motifs is 12. The van der Waals surface area contributed by atoms with E-state index < -0.39 is 77.9 Å². The highest BCUT2D eigenvalue weighted by molar-refractivity contribution is 9.11. The number of rotatable bonds is 27. The first-order valence-electron chi connectivity index (χ1n) is 47.7. The van der Waals surface area contributed by atoms with Gasteiger partial charge in [-0.3, -0.25) is 19.6 Å². The van der Waals surface area contributed by atoms with Crippen molar-refractivity contribution in [3.8, 4) is 46.0 Å². The highest BCUT2D eigenvalue weighted by atomic mass is 79.9. The number of nitrogens with zero attached hydrogens (tertiary/aromatic N) is 4. The van der Waals surface area contributed by atoms with Gasteiger partial charge in [0.1, 0.15) is 94.5 Å². The molecule has 0 aliphatic carbocycles. The molecule has 7 atom stereocenters. The molecule has 4 aliphatic heterocycles. The van der Waals surface area contributed by atoms with E-state index in [1.165, 1.54) is 59.7 Å². The zero-order chi connectivity index (χ0) is 104. The minimum atomic E-state index is -0.950. The van der Waals surface area contributed by atoms with E-state index in [1.54, 1.807) is 87.2 Å². The molecule has 36 heteroatoms. The zero-order valence-corrected chi connectivity index (χ0v) is 87.5. The monoisotopic (exact) mass is 2300 g/mol. The fraction of sp³-hybridized carbons (Fsp3) is 0.250. The van der Waals surface area contributed by atoms with Gasteiger partial charge in [0.05, 0.1) is 65.1 Å². The lowest BCUT2D eigenvalue weighted by atomic mass is 9.92. The van der Waals surface area contributed by atoms with Gasteiger partial charge in [-0.1, -0.05) is 142 Å². The molecule has 0 spiro atoms. The van der Waals surface area contributed by atoms with Crippen molar-refractivity contribution in [2.45, 2.75) is 87.9 Å². The minimum Gasteiger partial charge on any atom is -0.493 e. The molecule has 4 amide bonds. The second kappa shape index (κ2) is 48.6. The molecule has 8 heterocycles. The topological polar surface area (TPSA) is 380 Å². The molecule has 4 aromatic heterocycles. The lowest BCUT2D eigenvalue weighted by Crippen LogP contribution is -2.42. The lowest BCUT2D eigenvalue weighted by molar-refractivity contribution is 0.0287. The predicted octanol–water partition coefficient (Wildman–Crippen LogP) is 22.2. The number of carbonyl (C=O) groups is 4. The van der Waals surface area contributed by atoms with Gasteiger partial charge in [-0.25, -0.2) is 28.0 Å². The molecule has 28 nitrogen and oxygen atoms in total. The highest BCUT2D eigenvalue weighted by Gasteiger charge is 2.42. The summed E-state index contributed by atoms with van der Waals surface area (Å²) >= 11 is 26.2. The molecule has 4 aliphatic rings. The number of aliphatic hydroxyl groups is 8. The first kappa shape index (κ1) is 106. The number of aromatic amines is 4. The Kier molecular flexibility index (Phi) is 35.0. The van der Waals surface area contributed by atoms with Crippen LogP contribution >= 0.6 is 86.9 Å². The number of aliphatic hydroxyl groups excluding tert-OH is 8. The van der Waals surface area contributed by atoms with E-state index >= 15 is 0 Å². The molecule has 0 saturated carbocycles. The van der Waals surface area contributed by atoms with Crippen molar-refractivity contribution in [3.05, 3.63) is 374 Å². The van der Waals surface area contributed by atoms with Crippen LogP contribution in [0, 0.1) is 17.0 Å². The number of hydrogen-bond acceptors (Lipinski definition) is 20. The Morgan fingerprint density at radius 3 is 0.845 bits per heavy atom. The van der Waals surface area contributed by atoms with Gasteiger partial charge in [0.15, 0.2) is 0 Å². The summed E-state index contributed by atoms with van der Waals surface area (Å²) in [6.45, 7) is 2.88. The summed E-state index contributed by atoms with van der Waals surface area (Å²) in [4.78, 5) is 74.4. The number of hydrogen-bond donors (Lipinski definition) is 12. The van der Waals surface area contributed by atoms with E-state index in [0.29, 0.717) is 109 Å². The molecule has 12 N–H and O–H groups in total. The number of nitrogens with one attached hydrogen (secondary N) is 4. The van der Waals surface area contributed by atoms with E-state index in [4.69, 9.17) is 76.4 Å². The fourth-order valence-electron chi connectivity index (χ4n) is 18.3. The average molecular weight is 2310 g/mol. The Hall–Kier alpha value is -12.9. The molecule has 0 radical (unpaired) electrons. The number of aromatic nitrogens is 4. The number of halogens is 8. The molecule has 768 valence electrons. The van der Waals surface area contributed by atoms with Crippen LogP contribution in [-0.2, 0) is 25.7 Å². The molecule has 12 aromatic carbocycles. The van der Waals surface area contributed by atoms with Gasteiger partial charge in [-0.05, 0) is 289 Å². The van der Waals surface area contributed by atoms with Crippen molar-refractivity contribution in [1.82, 2.24) is 39.5 Å². The van der Waals surface area contributed by atoms with E-state index in [2.05, 4.69) is 108 Å². The van der Waals surface area contributed by atoms with Crippen molar-refractivity contribution >= 4 is 155 Å². The number of benzene rings is 12. The van der Waals surface area contributed by atoms with Crippen LogP contribution in [0.5, 0.6) is 46.0 Å². The third kappa shape index (κ3) is 25.5. The van der Waals surface area contributed by atoms with E-state index in [0.717, 1.165) is 118 Å². The third-order valence-electron chi connectivity index (χ3n) is 26.0. The van der Waals surface area contributed by atoms with Gasteiger partial charge in [-0.2, -0.15) is 0 Å². The lowest BCUT2D eigenvalue weighted by Gasteiger charge is -2.35. The van der Waals surface area contributed by atoms with Gasteiger partial charge < -0.3 is 98.7 Å². The Balaban J connectivity index is 0.000000135. The van der Waals surface area contributed by atoms with Crippen molar-refractivity contribution in [2.75, 3.05) is 85.6 Å². The summed E-state index contributed by atoms with van der Waals surface area (Å²) in [5, 5.41) is 80.2. The second-order valence-corrected chi connectivity index (χ2v) is 40.8. The normalized spacial score (nSPS) is 15.8.